The summed E-state index contributed by atoms with van der Waals surface area (Å²) in [7, 11) is 0. The van der Waals surface area contributed by atoms with Crippen molar-refractivity contribution in [1.82, 2.24) is 9.80 Å². The smallest absolute Gasteiger partial charge is 0.228 e. The largest absolute Gasteiger partial charge is 0.339 e. The lowest BCUT2D eigenvalue weighted by molar-refractivity contribution is -0.142. The van der Waals surface area contributed by atoms with E-state index in [0.29, 0.717) is 37.4 Å². The normalized spacial score (nSPS) is 28.5. The average molecular weight is 417 g/mol. The van der Waals surface area contributed by atoms with Crippen LogP contribution in [0.15, 0.2) is 60.7 Å². The molecule has 2 saturated heterocycles. The molecule has 5 rings (SSSR count). The minimum Gasteiger partial charge on any atom is -0.339 e. The molecule has 3 fully saturated rings. The van der Waals surface area contributed by atoms with Crippen molar-refractivity contribution in [2.75, 3.05) is 13.1 Å². The summed E-state index contributed by atoms with van der Waals surface area (Å²) in [5.41, 5.74) is 2.55. The van der Waals surface area contributed by atoms with E-state index >= 15 is 0 Å². The van der Waals surface area contributed by atoms with Crippen LogP contribution >= 0.6 is 0 Å². The second-order valence-corrected chi connectivity index (χ2v) is 9.51. The molecule has 0 bridgehead atoms. The summed E-state index contributed by atoms with van der Waals surface area (Å²) in [6.45, 7) is 1.98. The van der Waals surface area contributed by atoms with E-state index in [0.717, 1.165) is 24.9 Å². The summed E-state index contributed by atoms with van der Waals surface area (Å²) in [6.07, 6.45) is 6.17. The minimum atomic E-state index is -0.188. The Morgan fingerprint density at radius 1 is 0.903 bits per heavy atom. The molecule has 31 heavy (non-hydrogen) atoms. The Labute approximate surface area is 185 Å². The average Bonchev–Trinajstić information content (AvgIpc) is 3.19. The molecule has 3 aliphatic rings. The molecule has 4 atom stereocenters. The Hall–Kier alpha value is -2.62. The number of nitrogens with zero attached hydrogens (tertiary/aromatic N) is 2. The molecule has 2 aromatic carbocycles. The first-order valence-electron chi connectivity index (χ1n) is 11.9. The molecule has 2 aromatic rings. The number of fused-ring (bicyclic) bond motifs is 1. The highest BCUT2D eigenvalue weighted by atomic mass is 16.2. The number of piperidine rings is 1. The number of carbonyl (C=O) groups is 2. The number of carbonyl (C=O) groups excluding carboxylic acids is 2. The zero-order valence-electron chi connectivity index (χ0n) is 18.2. The highest BCUT2D eigenvalue weighted by Gasteiger charge is 2.45. The van der Waals surface area contributed by atoms with E-state index in [4.69, 9.17) is 0 Å². The lowest BCUT2D eigenvalue weighted by atomic mass is 9.69. The molecule has 162 valence electrons. The van der Waals surface area contributed by atoms with Crippen LogP contribution in [-0.2, 0) is 16.1 Å². The Balaban J connectivity index is 1.29. The molecule has 4 nitrogen and oxygen atoms in total. The maximum atomic E-state index is 13.6. The fourth-order valence-corrected chi connectivity index (χ4v) is 6.17. The summed E-state index contributed by atoms with van der Waals surface area (Å²) >= 11 is 0. The van der Waals surface area contributed by atoms with Crippen LogP contribution < -0.4 is 0 Å². The van der Waals surface area contributed by atoms with Gasteiger partial charge in [0.1, 0.15) is 0 Å². The van der Waals surface area contributed by atoms with Crippen molar-refractivity contribution in [3.05, 3.63) is 71.8 Å². The van der Waals surface area contributed by atoms with E-state index in [1.807, 2.05) is 35.2 Å². The van der Waals surface area contributed by atoms with Crippen LogP contribution in [0.25, 0.3) is 0 Å². The highest BCUT2D eigenvalue weighted by molar-refractivity contribution is 5.89. The van der Waals surface area contributed by atoms with Crippen molar-refractivity contribution in [3.8, 4) is 0 Å². The van der Waals surface area contributed by atoms with Gasteiger partial charge in [0.2, 0.25) is 11.8 Å². The zero-order valence-corrected chi connectivity index (χ0v) is 18.2. The Bertz CT molecular complexity index is 913. The molecule has 1 saturated carbocycles. The van der Waals surface area contributed by atoms with E-state index in [1.54, 1.807) is 0 Å². The molecule has 0 radical (unpaired) electrons. The second kappa shape index (κ2) is 8.86. The van der Waals surface area contributed by atoms with Crippen molar-refractivity contribution in [3.63, 3.8) is 0 Å². The Kier molecular flexibility index (Phi) is 5.80. The van der Waals surface area contributed by atoms with Gasteiger partial charge in [-0.1, -0.05) is 73.5 Å². The molecular formula is C27H32N2O2. The van der Waals surface area contributed by atoms with Gasteiger partial charge in [-0.25, -0.2) is 0 Å². The van der Waals surface area contributed by atoms with Crippen molar-refractivity contribution < 1.29 is 9.59 Å². The maximum Gasteiger partial charge on any atom is 0.228 e. The van der Waals surface area contributed by atoms with Gasteiger partial charge in [-0.15, -0.1) is 0 Å². The van der Waals surface area contributed by atoms with E-state index in [1.165, 1.54) is 24.8 Å². The van der Waals surface area contributed by atoms with Crippen LogP contribution in [0.2, 0.25) is 0 Å². The van der Waals surface area contributed by atoms with Gasteiger partial charge in [-0.2, -0.15) is 0 Å². The van der Waals surface area contributed by atoms with Crippen LogP contribution in [0.1, 0.15) is 55.6 Å². The number of rotatable bonds is 4. The van der Waals surface area contributed by atoms with Crippen molar-refractivity contribution >= 4 is 11.8 Å². The molecular weight excluding hydrogens is 384 g/mol. The molecule has 0 spiro atoms. The van der Waals surface area contributed by atoms with Crippen molar-refractivity contribution in [1.29, 1.82) is 0 Å². The number of benzene rings is 2. The molecule has 1 aliphatic carbocycles. The van der Waals surface area contributed by atoms with Crippen molar-refractivity contribution in [2.24, 2.45) is 11.8 Å². The molecule has 2 heterocycles. The molecule has 2 aliphatic heterocycles. The summed E-state index contributed by atoms with van der Waals surface area (Å²) in [5, 5.41) is 0. The van der Waals surface area contributed by atoms with Gasteiger partial charge in [0, 0.05) is 32.1 Å². The molecule has 1 unspecified atom stereocenters. The summed E-state index contributed by atoms with van der Waals surface area (Å²) in [4.78, 5) is 30.3. The number of hydrogen-bond donors (Lipinski definition) is 0. The summed E-state index contributed by atoms with van der Waals surface area (Å²) in [6, 6.07) is 21.3. The monoisotopic (exact) mass is 416 g/mol. The number of amides is 2. The molecule has 0 N–H and O–H groups in total. The van der Waals surface area contributed by atoms with E-state index in [9.17, 15) is 9.59 Å². The van der Waals surface area contributed by atoms with Gasteiger partial charge in [-0.05, 0) is 42.2 Å². The van der Waals surface area contributed by atoms with Crippen LogP contribution in [0, 0.1) is 11.8 Å². The fraction of sp³-hybridized carbons (Fsp3) is 0.481. The van der Waals surface area contributed by atoms with Gasteiger partial charge in [0.25, 0.3) is 0 Å². The van der Waals surface area contributed by atoms with Crippen molar-refractivity contribution in [2.45, 2.75) is 57.0 Å². The van der Waals surface area contributed by atoms with E-state index in [2.05, 4.69) is 35.2 Å². The van der Waals surface area contributed by atoms with Crippen LogP contribution in [0.5, 0.6) is 0 Å². The first-order chi connectivity index (χ1) is 15.2. The zero-order chi connectivity index (χ0) is 21.2. The quantitative estimate of drug-likeness (QED) is 0.730. The second-order valence-electron chi connectivity index (χ2n) is 9.51. The van der Waals surface area contributed by atoms with Gasteiger partial charge in [-0.3, -0.25) is 9.59 Å². The summed E-state index contributed by atoms with van der Waals surface area (Å²) in [5.74, 6) is 1.24. The SMILES string of the molecule is O=C1CC(C(=O)N2CC[C@H](c3ccccc3)[C@H]3CCCC[C@H]32)CN1Cc1ccccc1. The standard InChI is InChI=1S/C27H32N2O2/c30-26-17-22(19-28(26)18-20-9-3-1-4-10-20)27(31)29-16-15-23(21-11-5-2-6-12-21)24-13-7-8-14-25(24)29/h1-6,9-12,22-25H,7-8,13-19H2/t22?,23-,24-,25-/m1/s1. The summed E-state index contributed by atoms with van der Waals surface area (Å²) < 4.78 is 0. The number of likely N-dealkylation sites (tertiary alicyclic amines) is 2. The lowest BCUT2D eigenvalue weighted by Crippen LogP contribution is -2.54. The fourth-order valence-electron chi connectivity index (χ4n) is 6.17. The third kappa shape index (κ3) is 4.13. The first kappa shape index (κ1) is 20.3. The van der Waals surface area contributed by atoms with Crippen LogP contribution in [-0.4, -0.2) is 40.7 Å². The van der Waals surface area contributed by atoms with Gasteiger partial charge in [0.15, 0.2) is 0 Å². The van der Waals surface area contributed by atoms with Crippen LogP contribution in [0.3, 0.4) is 0 Å². The van der Waals surface area contributed by atoms with E-state index in [-0.39, 0.29) is 17.7 Å². The van der Waals surface area contributed by atoms with Gasteiger partial charge < -0.3 is 9.80 Å². The molecule has 2 amide bonds. The van der Waals surface area contributed by atoms with Crippen LogP contribution in [0.4, 0.5) is 0 Å². The molecule has 0 aromatic heterocycles. The predicted octanol–water partition coefficient (Wildman–Crippen LogP) is 4.61. The Morgan fingerprint density at radius 3 is 2.39 bits per heavy atom. The molecule has 4 heteroatoms. The third-order valence-corrected chi connectivity index (χ3v) is 7.67. The van der Waals surface area contributed by atoms with Gasteiger partial charge >= 0.3 is 0 Å². The number of hydrogen-bond acceptors (Lipinski definition) is 2. The first-order valence-corrected chi connectivity index (χ1v) is 11.9. The maximum absolute atomic E-state index is 13.6. The lowest BCUT2D eigenvalue weighted by Gasteiger charge is -2.49. The minimum absolute atomic E-state index is 0.113. The Morgan fingerprint density at radius 2 is 1.61 bits per heavy atom. The van der Waals surface area contributed by atoms with E-state index < -0.39 is 0 Å². The third-order valence-electron chi connectivity index (χ3n) is 7.67. The van der Waals surface area contributed by atoms with Gasteiger partial charge in [0.05, 0.1) is 5.92 Å². The topological polar surface area (TPSA) is 40.6 Å². The highest BCUT2D eigenvalue weighted by Crippen LogP contribution is 2.44. The predicted molar refractivity (Wildman–Crippen MR) is 121 cm³/mol.